The monoisotopic (exact) mass is 314 g/mol. The molecule has 1 unspecified atom stereocenters. The topological polar surface area (TPSA) is 33.7 Å². The Kier molecular flexibility index (Phi) is 8.69. The maximum absolute atomic E-state index is 6.40. The fourth-order valence-electron chi connectivity index (χ4n) is 2.34. The highest BCUT2D eigenvalue weighted by molar-refractivity contribution is 6.31. The Labute approximate surface area is 133 Å². The maximum Gasteiger partial charge on any atom is 0.0663 e. The third-order valence-electron chi connectivity index (χ3n) is 3.45. The molecule has 0 radical (unpaired) electrons. The van der Waals surface area contributed by atoms with Crippen LogP contribution in [0.15, 0.2) is 18.2 Å². The van der Waals surface area contributed by atoms with Gasteiger partial charge in [0.25, 0.3) is 0 Å². The zero-order valence-corrected chi connectivity index (χ0v) is 14.2. The molecule has 1 rings (SSSR count). The lowest BCUT2D eigenvalue weighted by molar-refractivity contribution is 0.182. The molecule has 1 aromatic rings. The molecular weight excluding hydrogens is 288 g/mol. The SMILES string of the molecule is CCN(c1ccc(CNCCOC)c(Cl)c1)C(C)COC. The maximum atomic E-state index is 6.40. The fourth-order valence-corrected chi connectivity index (χ4v) is 2.58. The molecule has 0 aliphatic heterocycles. The molecule has 0 aliphatic carbocycles. The molecule has 1 aromatic carbocycles. The van der Waals surface area contributed by atoms with Gasteiger partial charge in [-0.05, 0) is 31.5 Å². The quantitative estimate of drug-likeness (QED) is 0.673. The number of rotatable bonds is 10. The normalized spacial score (nSPS) is 12.4. The number of anilines is 1. The van der Waals surface area contributed by atoms with Crippen molar-refractivity contribution in [1.82, 2.24) is 5.32 Å². The molecule has 0 bridgehead atoms. The standard InChI is InChI=1S/C16H27ClN2O2/c1-5-19(13(2)12-21-4)15-7-6-14(16(17)10-15)11-18-8-9-20-3/h6-7,10,13,18H,5,8-9,11-12H2,1-4H3. The molecule has 0 aromatic heterocycles. The molecule has 120 valence electrons. The van der Waals surface area contributed by atoms with Crippen molar-refractivity contribution >= 4 is 17.3 Å². The van der Waals surface area contributed by atoms with Crippen LogP contribution in [0.2, 0.25) is 5.02 Å². The van der Waals surface area contributed by atoms with E-state index < -0.39 is 0 Å². The van der Waals surface area contributed by atoms with Gasteiger partial charge in [0.2, 0.25) is 0 Å². The highest BCUT2D eigenvalue weighted by atomic mass is 35.5. The first-order valence-corrected chi connectivity index (χ1v) is 7.75. The Morgan fingerprint density at radius 1 is 1.29 bits per heavy atom. The Bertz CT molecular complexity index is 415. The molecule has 4 nitrogen and oxygen atoms in total. The Balaban J connectivity index is 2.71. The summed E-state index contributed by atoms with van der Waals surface area (Å²) in [6, 6.07) is 6.56. The molecule has 0 spiro atoms. The van der Waals surface area contributed by atoms with Crippen LogP contribution in [0.25, 0.3) is 0 Å². The van der Waals surface area contributed by atoms with Crippen LogP contribution in [-0.2, 0) is 16.0 Å². The number of nitrogens with one attached hydrogen (secondary N) is 1. The van der Waals surface area contributed by atoms with E-state index in [1.54, 1.807) is 14.2 Å². The molecule has 0 heterocycles. The van der Waals surface area contributed by atoms with E-state index in [1.807, 2.05) is 6.07 Å². The van der Waals surface area contributed by atoms with E-state index in [-0.39, 0.29) is 0 Å². The van der Waals surface area contributed by atoms with Gasteiger partial charge in [0.05, 0.1) is 13.2 Å². The summed E-state index contributed by atoms with van der Waals surface area (Å²) >= 11 is 6.40. The van der Waals surface area contributed by atoms with E-state index in [0.29, 0.717) is 19.3 Å². The first-order valence-electron chi connectivity index (χ1n) is 7.37. The first kappa shape index (κ1) is 18.2. The minimum atomic E-state index is 0.321. The summed E-state index contributed by atoms with van der Waals surface area (Å²) in [4.78, 5) is 2.29. The van der Waals surface area contributed by atoms with Crippen LogP contribution in [0.1, 0.15) is 19.4 Å². The first-order chi connectivity index (χ1) is 10.1. The van der Waals surface area contributed by atoms with Gasteiger partial charge in [-0.2, -0.15) is 0 Å². The molecule has 1 N–H and O–H groups in total. The van der Waals surface area contributed by atoms with Gasteiger partial charge in [-0.25, -0.2) is 0 Å². The highest BCUT2D eigenvalue weighted by Gasteiger charge is 2.13. The van der Waals surface area contributed by atoms with E-state index in [2.05, 4.69) is 36.2 Å². The van der Waals surface area contributed by atoms with Crippen LogP contribution in [0, 0.1) is 0 Å². The summed E-state index contributed by atoms with van der Waals surface area (Å²) in [6.07, 6.45) is 0. The van der Waals surface area contributed by atoms with Gasteiger partial charge in [-0.1, -0.05) is 17.7 Å². The average molecular weight is 315 g/mol. The van der Waals surface area contributed by atoms with Crippen LogP contribution in [0.5, 0.6) is 0 Å². The number of benzene rings is 1. The lowest BCUT2D eigenvalue weighted by Crippen LogP contribution is -2.36. The predicted molar refractivity (Wildman–Crippen MR) is 89.4 cm³/mol. The number of nitrogens with zero attached hydrogens (tertiary/aromatic N) is 1. The summed E-state index contributed by atoms with van der Waals surface area (Å²) in [6.45, 7) is 8.19. The molecule has 0 aliphatic rings. The van der Waals surface area contributed by atoms with Gasteiger partial charge in [-0.15, -0.1) is 0 Å². The molecule has 0 saturated heterocycles. The zero-order chi connectivity index (χ0) is 15.7. The zero-order valence-electron chi connectivity index (χ0n) is 13.5. The predicted octanol–water partition coefficient (Wildman–Crippen LogP) is 2.94. The van der Waals surface area contributed by atoms with Gasteiger partial charge in [-0.3, -0.25) is 0 Å². The highest BCUT2D eigenvalue weighted by Crippen LogP contribution is 2.25. The summed E-state index contributed by atoms with van der Waals surface area (Å²) < 4.78 is 10.3. The molecule has 21 heavy (non-hydrogen) atoms. The Hall–Kier alpha value is -0.810. The minimum Gasteiger partial charge on any atom is -0.383 e. The molecule has 1 atom stereocenters. The number of halogens is 1. The van der Waals surface area contributed by atoms with Crippen LogP contribution >= 0.6 is 11.6 Å². The summed E-state index contributed by atoms with van der Waals surface area (Å²) in [5.41, 5.74) is 2.24. The van der Waals surface area contributed by atoms with E-state index in [0.717, 1.165) is 35.9 Å². The largest absolute Gasteiger partial charge is 0.383 e. The van der Waals surface area contributed by atoms with Crippen molar-refractivity contribution in [1.29, 1.82) is 0 Å². The summed E-state index contributed by atoms with van der Waals surface area (Å²) in [5, 5.41) is 4.10. The number of methoxy groups -OCH3 is 2. The van der Waals surface area contributed by atoms with Gasteiger partial charge < -0.3 is 19.7 Å². The number of hydrogen-bond donors (Lipinski definition) is 1. The van der Waals surface area contributed by atoms with Gasteiger partial charge in [0.1, 0.15) is 0 Å². The van der Waals surface area contributed by atoms with E-state index in [1.165, 1.54) is 0 Å². The van der Waals surface area contributed by atoms with Gasteiger partial charge >= 0.3 is 0 Å². The average Bonchev–Trinajstić information content (AvgIpc) is 2.46. The summed E-state index contributed by atoms with van der Waals surface area (Å²) in [7, 11) is 3.43. The third kappa shape index (κ3) is 5.83. The van der Waals surface area contributed by atoms with Crippen LogP contribution in [-0.4, -0.2) is 46.6 Å². The van der Waals surface area contributed by atoms with Crippen molar-refractivity contribution < 1.29 is 9.47 Å². The number of ether oxygens (including phenoxy) is 2. The fraction of sp³-hybridized carbons (Fsp3) is 0.625. The van der Waals surface area contributed by atoms with E-state index in [9.17, 15) is 0 Å². The van der Waals surface area contributed by atoms with Crippen LogP contribution in [0.3, 0.4) is 0 Å². The lowest BCUT2D eigenvalue weighted by atomic mass is 10.1. The van der Waals surface area contributed by atoms with Crippen molar-refractivity contribution in [3.8, 4) is 0 Å². The molecular formula is C16H27ClN2O2. The second-order valence-electron chi connectivity index (χ2n) is 5.04. The van der Waals surface area contributed by atoms with Gasteiger partial charge in [0.15, 0.2) is 0 Å². The van der Waals surface area contributed by atoms with Crippen molar-refractivity contribution in [2.75, 3.05) is 45.4 Å². The van der Waals surface area contributed by atoms with Crippen LogP contribution < -0.4 is 10.2 Å². The minimum absolute atomic E-state index is 0.321. The number of likely N-dealkylation sites (N-methyl/N-ethyl adjacent to an activating group) is 1. The second kappa shape index (κ2) is 10.0. The van der Waals surface area contributed by atoms with E-state index in [4.69, 9.17) is 21.1 Å². The lowest BCUT2D eigenvalue weighted by Gasteiger charge is -2.30. The Morgan fingerprint density at radius 2 is 2.05 bits per heavy atom. The summed E-state index contributed by atoms with van der Waals surface area (Å²) in [5.74, 6) is 0. The molecule has 0 amide bonds. The van der Waals surface area contributed by atoms with Crippen molar-refractivity contribution in [2.24, 2.45) is 0 Å². The van der Waals surface area contributed by atoms with E-state index >= 15 is 0 Å². The van der Waals surface area contributed by atoms with Gasteiger partial charge in [0, 0.05) is 50.6 Å². The second-order valence-corrected chi connectivity index (χ2v) is 5.44. The van der Waals surface area contributed by atoms with Crippen molar-refractivity contribution in [3.05, 3.63) is 28.8 Å². The Morgan fingerprint density at radius 3 is 2.62 bits per heavy atom. The van der Waals surface area contributed by atoms with Crippen molar-refractivity contribution in [3.63, 3.8) is 0 Å². The van der Waals surface area contributed by atoms with Crippen LogP contribution in [0.4, 0.5) is 5.69 Å². The third-order valence-corrected chi connectivity index (χ3v) is 3.80. The molecule has 0 fully saturated rings. The molecule has 0 saturated carbocycles. The van der Waals surface area contributed by atoms with Crippen molar-refractivity contribution in [2.45, 2.75) is 26.4 Å². The molecule has 5 heteroatoms. The number of hydrogen-bond acceptors (Lipinski definition) is 4. The smallest absolute Gasteiger partial charge is 0.0663 e.